The van der Waals surface area contributed by atoms with E-state index in [0.29, 0.717) is 25.1 Å². The van der Waals surface area contributed by atoms with E-state index in [1.165, 1.54) is 0 Å². The Morgan fingerprint density at radius 1 is 1.44 bits per heavy atom. The maximum atomic E-state index is 12.1. The van der Waals surface area contributed by atoms with Gasteiger partial charge in [0.25, 0.3) is 0 Å². The van der Waals surface area contributed by atoms with Crippen LogP contribution in [0.15, 0.2) is 29.4 Å². The molecule has 96 valence electrons. The number of para-hydroxylation sites is 1. The Kier molecular flexibility index (Phi) is 3.97. The van der Waals surface area contributed by atoms with Gasteiger partial charge in [0.15, 0.2) is 0 Å². The van der Waals surface area contributed by atoms with Crippen molar-refractivity contribution in [2.45, 2.75) is 32.6 Å². The molecule has 0 radical (unpaired) electrons. The van der Waals surface area contributed by atoms with Crippen LogP contribution in [0.3, 0.4) is 0 Å². The zero-order valence-electron chi connectivity index (χ0n) is 10.6. The van der Waals surface area contributed by atoms with E-state index in [9.17, 15) is 4.79 Å². The van der Waals surface area contributed by atoms with Crippen molar-refractivity contribution in [2.75, 3.05) is 11.4 Å². The van der Waals surface area contributed by atoms with Gasteiger partial charge in [-0.2, -0.15) is 0 Å². The van der Waals surface area contributed by atoms with E-state index in [0.717, 1.165) is 24.1 Å². The number of oxime groups is 1. The molecule has 0 fully saturated rings. The predicted octanol–water partition coefficient (Wildman–Crippen LogP) is 2.79. The standard InChI is InChI=1S/C14H18N2O2/c1-2-3-8-14(17)16-10-9-12(15-18)11-6-4-5-7-13(11)16/h4-7,18H,2-3,8-10H2,1H3. The lowest BCUT2D eigenvalue weighted by molar-refractivity contribution is -0.118. The number of hydrogen-bond donors (Lipinski definition) is 1. The van der Waals surface area contributed by atoms with Gasteiger partial charge in [0.2, 0.25) is 5.91 Å². The molecule has 4 heteroatoms. The number of fused-ring (bicyclic) bond motifs is 1. The smallest absolute Gasteiger partial charge is 0.227 e. The summed E-state index contributed by atoms with van der Waals surface area (Å²) < 4.78 is 0. The molecule has 2 rings (SSSR count). The van der Waals surface area contributed by atoms with Gasteiger partial charge in [0, 0.05) is 24.9 Å². The minimum Gasteiger partial charge on any atom is -0.411 e. The number of anilines is 1. The lowest BCUT2D eigenvalue weighted by Gasteiger charge is -2.29. The molecule has 0 aromatic heterocycles. The Morgan fingerprint density at radius 2 is 2.22 bits per heavy atom. The molecule has 1 aliphatic heterocycles. The van der Waals surface area contributed by atoms with Crippen LogP contribution in [0, 0.1) is 0 Å². The fourth-order valence-corrected chi connectivity index (χ4v) is 2.25. The Balaban J connectivity index is 2.28. The summed E-state index contributed by atoms with van der Waals surface area (Å²) in [6.45, 7) is 2.67. The van der Waals surface area contributed by atoms with Crippen LogP contribution in [0.1, 0.15) is 38.2 Å². The fourth-order valence-electron chi connectivity index (χ4n) is 2.25. The Morgan fingerprint density at radius 3 is 2.94 bits per heavy atom. The average Bonchev–Trinajstić information content (AvgIpc) is 2.43. The summed E-state index contributed by atoms with van der Waals surface area (Å²) in [6, 6.07) is 7.59. The van der Waals surface area contributed by atoms with Crippen LogP contribution in [-0.2, 0) is 4.79 Å². The van der Waals surface area contributed by atoms with Crippen LogP contribution >= 0.6 is 0 Å². The number of unbranched alkanes of at least 4 members (excludes halogenated alkanes) is 1. The van der Waals surface area contributed by atoms with Crippen molar-refractivity contribution >= 4 is 17.3 Å². The number of carbonyl (C=O) groups excluding carboxylic acids is 1. The van der Waals surface area contributed by atoms with Crippen LogP contribution in [0.2, 0.25) is 0 Å². The van der Waals surface area contributed by atoms with E-state index in [1.807, 2.05) is 24.3 Å². The quantitative estimate of drug-likeness (QED) is 0.658. The number of carbonyl (C=O) groups is 1. The van der Waals surface area contributed by atoms with Crippen LogP contribution in [0.5, 0.6) is 0 Å². The molecule has 0 aliphatic carbocycles. The summed E-state index contributed by atoms with van der Waals surface area (Å²) in [7, 11) is 0. The molecule has 0 bridgehead atoms. The zero-order valence-corrected chi connectivity index (χ0v) is 10.6. The second-order valence-electron chi connectivity index (χ2n) is 4.46. The highest BCUT2D eigenvalue weighted by Gasteiger charge is 2.25. The summed E-state index contributed by atoms with van der Waals surface area (Å²) in [5.41, 5.74) is 2.37. The molecule has 0 saturated heterocycles. The van der Waals surface area contributed by atoms with Gasteiger partial charge in [0.1, 0.15) is 0 Å². The number of nitrogens with zero attached hydrogens (tertiary/aromatic N) is 2. The predicted molar refractivity (Wildman–Crippen MR) is 71.3 cm³/mol. The third-order valence-electron chi connectivity index (χ3n) is 3.24. The average molecular weight is 246 g/mol. The molecule has 0 atom stereocenters. The van der Waals surface area contributed by atoms with E-state index < -0.39 is 0 Å². The van der Waals surface area contributed by atoms with Crippen LogP contribution in [-0.4, -0.2) is 23.4 Å². The molecule has 0 spiro atoms. The van der Waals surface area contributed by atoms with Gasteiger partial charge in [-0.15, -0.1) is 0 Å². The van der Waals surface area contributed by atoms with Gasteiger partial charge in [-0.3, -0.25) is 4.79 Å². The van der Waals surface area contributed by atoms with Crippen LogP contribution in [0.25, 0.3) is 0 Å². The van der Waals surface area contributed by atoms with Gasteiger partial charge in [-0.05, 0) is 12.5 Å². The molecule has 0 unspecified atom stereocenters. The molecule has 1 amide bonds. The molecular formula is C14H18N2O2. The van der Waals surface area contributed by atoms with Crippen molar-refractivity contribution < 1.29 is 10.0 Å². The normalized spacial score (nSPS) is 16.7. The topological polar surface area (TPSA) is 52.9 Å². The SMILES string of the molecule is CCCCC(=O)N1CCC(=NO)c2ccccc21. The Hall–Kier alpha value is -1.84. The minimum atomic E-state index is 0.154. The van der Waals surface area contributed by atoms with E-state index in [2.05, 4.69) is 12.1 Å². The van der Waals surface area contributed by atoms with Crippen LogP contribution in [0.4, 0.5) is 5.69 Å². The van der Waals surface area contributed by atoms with E-state index in [4.69, 9.17) is 5.21 Å². The molecule has 0 saturated carbocycles. The number of rotatable bonds is 3. The van der Waals surface area contributed by atoms with Crippen molar-refractivity contribution in [3.05, 3.63) is 29.8 Å². The lowest BCUT2D eigenvalue weighted by Crippen LogP contribution is -2.37. The van der Waals surface area contributed by atoms with Crippen molar-refractivity contribution in [3.63, 3.8) is 0 Å². The molecule has 1 N–H and O–H groups in total. The zero-order chi connectivity index (χ0) is 13.0. The van der Waals surface area contributed by atoms with Gasteiger partial charge in [-0.25, -0.2) is 0 Å². The van der Waals surface area contributed by atoms with Gasteiger partial charge in [0.05, 0.1) is 11.4 Å². The monoisotopic (exact) mass is 246 g/mol. The van der Waals surface area contributed by atoms with Gasteiger partial charge < -0.3 is 10.1 Å². The first-order chi connectivity index (χ1) is 8.77. The summed E-state index contributed by atoms with van der Waals surface area (Å²) in [6.07, 6.45) is 3.12. The fraction of sp³-hybridized carbons (Fsp3) is 0.429. The lowest BCUT2D eigenvalue weighted by atomic mass is 9.99. The van der Waals surface area contributed by atoms with Gasteiger partial charge in [-0.1, -0.05) is 36.7 Å². The van der Waals surface area contributed by atoms with Crippen molar-refractivity contribution in [1.29, 1.82) is 0 Å². The molecule has 1 heterocycles. The summed E-state index contributed by atoms with van der Waals surface area (Å²) in [5.74, 6) is 0.154. The van der Waals surface area contributed by atoms with Crippen molar-refractivity contribution in [2.24, 2.45) is 5.16 Å². The second-order valence-corrected chi connectivity index (χ2v) is 4.46. The Labute approximate surface area is 107 Å². The third kappa shape index (κ3) is 2.37. The van der Waals surface area contributed by atoms with Crippen molar-refractivity contribution in [3.8, 4) is 0 Å². The first-order valence-electron chi connectivity index (χ1n) is 6.38. The highest BCUT2D eigenvalue weighted by molar-refractivity contribution is 6.11. The summed E-state index contributed by atoms with van der Waals surface area (Å²) in [5, 5.41) is 12.3. The number of amides is 1. The van der Waals surface area contributed by atoms with E-state index in [1.54, 1.807) is 4.90 Å². The molecule has 4 nitrogen and oxygen atoms in total. The highest BCUT2D eigenvalue weighted by Crippen LogP contribution is 2.27. The summed E-state index contributed by atoms with van der Waals surface area (Å²) >= 11 is 0. The number of hydrogen-bond acceptors (Lipinski definition) is 3. The minimum absolute atomic E-state index is 0.154. The van der Waals surface area contributed by atoms with Gasteiger partial charge >= 0.3 is 0 Å². The van der Waals surface area contributed by atoms with E-state index >= 15 is 0 Å². The maximum absolute atomic E-state index is 12.1. The van der Waals surface area contributed by atoms with Crippen LogP contribution < -0.4 is 4.90 Å². The molecule has 1 aromatic rings. The second kappa shape index (κ2) is 5.67. The maximum Gasteiger partial charge on any atom is 0.227 e. The van der Waals surface area contributed by atoms with Crippen molar-refractivity contribution in [1.82, 2.24) is 0 Å². The largest absolute Gasteiger partial charge is 0.411 e. The Bertz CT molecular complexity index is 469. The first kappa shape index (κ1) is 12.6. The molecule has 1 aliphatic rings. The van der Waals surface area contributed by atoms with E-state index in [-0.39, 0.29) is 5.91 Å². The number of benzene rings is 1. The molecule has 18 heavy (non-hydrogen) atoms. The summed E-state index contributed by atoms with van der Waals surface area (Å²) in [4.78, 5) is 13.9. The third-order valence-corrected chi connectivity index (χ3v) is 3.24. The molecule has 1 aromatic carbocycles. The molecular weight excluding hydrogens is 228 g/mol. The highest BCUT2D eigenvalue weighted by atomic mass is 16.4. The first-order valence-corrected chi connectivity index (χ1v) is 6.38.